The van der Waals surface area contributed by atoms with Gasteiger partial charge >= 0.3 is 0 Å². The van der Waals surface area contributed by atoms with Gasteiger partial charge in [0.25, 0.3) is 0 Å². The number of alkyl halides is 1. The second kappa shape index (κ2) is 7.54. The summed E-state index contributed by atoms with van der Waals surface area (Å²) in [5, 5.41) is 9.58. The summed E-state index contributed by atoms with van der Waals surface area (Å²) in [4.78, 5) is 0. The molecule has 0 aliphatic carbocycles. The van der Waals surface area contributed by atoms with E-state index in [9.17, 15) is 0 Å². The first kappa shape index (κ1) is 12.3. The third-order valence-corrected chi connectivity index (χ3v) is 2.29. The molecule has 0 aromatic heterocycles. The molecule has 1 aromatic carbocycles. The Morgan fingerprint density at radius 3 is 2.20 bits per heavy atom. The number of hydrogen-bond donors (Lipinski definition) is 1. The molecule has 84 valence electrons. The summed E-state index contributed by atoms with van der Waals surface area (Å²) < 4.78 is 10.9. The fraction of sp³-hybridized carbons (Fsp3) is 0.455. The molecule has 1 N–H and O–H groups in total. The molecule has 0 atom stereocenters. The molecule has 0 amide bonds. The van der Waals surface area contributed by atoms with Crippen LogP contribution in [0, 0.1) is 0 Å². The summed E-state index contributed by atoms with van der Waals surface area (Å²) in [5.74, 6) is 1.41. The highest BCUT2D eigenvalue weighted by Crippen LogP contribution is 2.26. The Labute approximate surface area is 98.1 Å². The Kier molecular flexibility index (Phi) is 6.20. The molecule has 0 bridgehead atoms. The lowest BCUT2D eigenvalue weighted by Gasteiger charge is -2.11. The van der Waals surface area contributed by atoms with Crippen LogP contribution in [0.5, 0.6) is 11.5 Å². The lowest BCUT2D eigenvalue weighted by atomic mass is 10.3. The number of benzene rings is 1. The molecule has 0 aliphatic heterocycles. The summed E-state index contributed by atoms with van der Waals surface area (Å²) in [6.45, 7) is 0.958. The number of halogens is 1. The number of ether oxygens (including phenoxy) is 2. The highest BCUT2D eigenvalue weighted by molar-refractivity contribution is 9.09. The van der Waals surface area contributed by atoms with Gasteiger partial charge in [-0.3, -0.25) is 0 Å². The topological polar surface area (TPSA) is 38.7 Å². The van der Waals surface area contributed by atoms with E-state index in [2.05, 4.69) is 15.9 Å². The Bertz CT molecular complexity index is 278. The van der Waals surface area contributed by atoms with Crippen LogP contribution >= 0.6 is 15.9 Å². The fourth-order valence-corrected chi connectivity index (χ4v) is 1.31. The van der Waals surface area contributed by atoms with Gasteiger partial charge in [-0.2, -0.15) is 0 Å². The van der Waals surface area contributed by atoms with Gasteiger partial charge in [-0.25, -0.2) is 0 Å². The molecular weight excluding hydrogens is 260 g/mol. The largest absolute Gasteiger partial charge is 0.490 e. The van der Waals surface area contributed by atoms with E-state index in [-0.39, 0.29) is 6.61 Å². The van der Waals surface area contributed by atoms with Crippen molar-refractivity contribution in [3.05, 3.63) is 24.3 Å². The van der Waals surface area contributed by atoms with Crippen LogP contribution in [0.3, 0.4) is 0 Å². The van der Waals surface area contributed by atoms with Crippen LogP contribution in [-0.4, -0.2) is 30.3 Å². The summed E-state index contributed by atoms with van der Waals surface area (Å²) in [6.07, 6.45) is 0.953. The first-order valence-electron chi connectivity index (χ1n) is 4.90. The van der Waals surface area contributed by atoms with Gasteiger partial charge < -0.3 is 14.6 Å². The second-order valence-electron chi connectivity index (χ2n) is 2.91. The highest BCUT2D eigenvalue weighted by Gasteiger charge is 2.02. The monoisotopic (exact) mass is 274 g/mol. The van der Waals surface area contributed by atoms with Crippen molar-refractivity contribution in [2.45, 2.75) is 6.42 Å². The van der Waals surface area contributed by atoms with Crippen LogP contribution in [0.4, 0.5) is 0 Å². The van der Waals surface area contributed by atoms with Crippen molar-refractivity contribution >= 4 is 15.9 Å². The minimum absolute atomic E-state index is 0.00966. The van der Waals surface area contributed by atoms with E-state index in [0.717, 1.165) is 17.5 Å². The van der Waals surface area contributed by atoms with Gasteiger partial charge in [-0.15, -0.1) is 0 Å². The van der Waals surface area contributed by atoms with Gasteiger partial charge in [0, 0.05) is 5.33 Å². The van der Waals surface area contributed by atoms with Crippen molar-refractivity contribution in [2.75, 3.05) is 25.2 Å². The molecule has 0 aliphatic rings. The Hall–Kier alpha value is -0.740. The zero-order valence-corrected chi connectivity index (χ0v) is 10.1. The van der Waals surface area contributed by atoms with E-state index in [1.807, 2.05) is 24.3 Å². The van der Waals surface area contributed by atoms with Gasteiger partial charge in [0.05, 0.1) is 13.2 Å². The molecule has 1 aromatic rings. The summed E-state index contributed by atoms with van der Waals surface area (Å²) in [5.41, 5.74) is 0. The SMILES string of the molecule is OCCOc1ccccc1OCCCBr. The van der Waals surface area contributed by atoms with Crippen molar-refractivity contribution in [3.8, 4) is 11.5 Å². The van der Waals surface area contributed by atoms with E-state index in [0.29, 0.717) is 19.0 Å². The van der Waals surface area contributed by atoms with Crippen molar-refractivity contribution in [2.24, 2.45) is 0 Å². The van der Waals surface area contributed by atoms with E-state index in [4.69, 9.17) is 14.6 Å². The van der Waals surface area contributed by atoms with Crippen molar-refractivity contribution in [1.82, 2.24) is 0 Å². The molecule has 0 fully saturated rings. The van der Waals surface area contributed by atoms with Crippen LogP contribution in [0.25, 0.3) is 0 Å². The molecule has 0 saturated heterocycles. The normalized spacial score (nSPS) is 10.0. The molecule has 0 spiro atoms. The Morgan fingerprint density at radius 1 is 1.07 bits per heavy atom. The molecule has 0 saturated carbocycles. The summed E-state index contributed by atoms with van der Waals surface area (Å²) in [7, 11) is 0. The number of aliphatic hydroxyl groups is 1. The van der Waals surface area contributed by atoms with E-state index < -0.39 is 0 Å². The Balaban J connectivity index is 2.52. The molecular formula is C11H15BrO3. The van der Waals surface area contributed by atoms with Crippen molar-refractivity contribution < 1.29 is 14.6 Å². The predicted octanol–water partition coefficient (Wildman–Crippen LogP) is 2.22. The first-order valence-corrected chi connectivity index (χ1v) is 6.02. The second-order valence-corrected chi connectivity index (χ2v) is 3.70. The lowest BCUT2D eigenvalue weighted by Crippen LogP contribution is -2.04. The quantitative estimate of drug-likeness (QED) is 0.612. The number of aliphatic hydroxyl groups excluding tert-OH is 1. The molecule has 15 heavy (non-hydrogen) atoms. The molecule has 0 heterocycles. The predicted molar refractivity (Wildman–Crippen MR) is 62.9 cm³/mol. The van der Waals surface area contributed by atoms with Gasteiger partial charge in [-0.05, 0) is 18.6 Å². The van der Waals surface area contributed by atoms with Crippen LogP contribution in [-0.2, 0) is 0 Å². The molecule has 0 unspecified atom stereocenters. The smallest absolute Gasteiger partial charge is 0.161 e. The van der Waals surface area contributed by atoms with Gasteiger partial charge in [0.1, 0.15) is 6.61 Å². The highest BCUT2D eigenvalue weighted by atomic mass is 79.9. The fourth-order valence-electron chi connectivity index (χ4n) is 1.08. The third-order valence-electron chi connectivity index (χ3n) is 1.73. The van der Waals surface area contributed by atoms with Gasteiger partial charge in [0.15, 0.2) is 11.5 Å². The van der Waals surface area contributed by atoms with E-state index in [1.54, 1.807) is 0 Å². The van der Waals surface area contributed by atoms with Gasteiger partial charge in [0.2, 0.25) is 0 Å². The molecule has 0 radical (unpaired) electrons. The van der Waals surface area contributed by atoms with Gasteiger partial charge in [-0.1, -0.05) is 28.1 Å². The standard InChI is InChI=1S/C11H15BrO3/c12-6-3-8-14-10-4-1-2-5-11(10)15-9-7-13/h1-2,4-5,13H,3,6-9H2. The lowest BCUT2D eigenvalue weighted by molar-refractivity contribution is 0.193. The average molecular weight is 275 g/mol. The van der Waals surface area contributed by atoms with Crippen molar-refractivity contribution in [3.63, 3.8) is 0 Å². The third kappa shape index (κ3) is 4.53. The average Bonchev–Trinajstić information content (AvgIpc) is 2.28. The zero-order valence-electron chi connectivity index (χ0n) is 8.49. The minimum atomic E-state index is 0.00966. The van der Waals surface area contributed by atoms with Crippen LogP contribution in [0.2, 0.25) is 0 Å². The summed E-state index contributed by atoms with van der Waals surface area (Å²) >= 11 is 3.34. The minimum Gasteiger partial charge on any atom is -0.490 e. The first-order chi connectivity index (χ1) is 7.38. The number of para-hydroxylation sites is 2. The van der Waals surface area contributed by atoms with Crippen LogP contribution in [0.1, 0.15) is 6.42 Å². The number of rotatable bonds is 7. The van der Waals surface area contributed by atoms with E-state index >= 15 is 0 Å². The van der Waals surface area contributed by atoms with Crippen LogP contribution < -0.4 is 9.47 Å². The maximum atomic E-state index is 8.66. The molecule has 1 rings (SSSR count). The molecule has 3 nitrogen and oxygen atoms in total. The van der Waals surface area contributed by atoms with E-state index in [1.165, 1.54) is 0 Å². The number of hydrogen-bond acceptors (Lipinski definition) is 3. The maximum Gasteiger partial charge on any atom is 0.161 e. The maximum absolute atomic E-state index is 8.66. The van der Waals surface area contributed by atoms with Crippen molar-refractivity contribution in [1.29, 1.82) is 0 Å². The van der Waals surface area contributed by atoms with Crippen LogP contribution in [0.15, 0.2) is 24.3 Å². The summed E-state index contributed by atoms with van der Waals surface area (Å²) in [6, 6.07) is 7.47. The molecule has 4 heteroatoms. The zero-order chi connectivity index (χ0) is 10.9. The Morgan fingerprint density at radius 2 is 1.67 bits per heavy atom.